The molecule has 2 aliphatic heterocycles. The van der Waals surface area contributed by atoms with Gasteiger partial charge in [0.1, 0.15) is 0 Å². The van der Waals surface area contributed by atoms with Crippen molar-refractivity contribution >= 4 is 5.96 Å². The van der Waals surface area contributed by atoms with Crippen molar-refractivity contribution in [3.05, 3.63) is 0 Å². The topological polar surface area (TPSA) is 42.9 Å². The average molecular weight is 366 g/mol. The maximum absolute atomic E-state index is 4.98. The van der Waals surface area contributed by atoms with E-state index in [2.05, 4.69) is 48.3 Å². The molecule has 2 heterocycles. The van der Waals surface area contributed by atoms with Gasteiger partial charge in [-0.05, 0) is 71.1 Å². The van der Waals surface area contributed by atoms with E-state index in [1.165, 1.54) is 64.7 Å². The number of likely N-dealkylation sites (tertiary alicyclic amines) is 2. The van der Waals surface area contributed by atoms with Gasteiger partial charge in [0.2, 0.25) is 0 Å². The lowest BCUT2D eigenvalue weighted by molar-refractivity contribution is 0.166. The number of piperidine rings is 1. The van der Waals surface area contributed by atoms with E-state index < -0.39 is 0 Å². The zero-order valence-electron chi connectivity index (χ0n) is 17.8. The van der Waals surface area contributed by atoms with Crippen LogP contribution in [0.4, 0.5) is 0 Å². The van der Waals surface area contributed by atoms with E-state index in [4.69, 9.17) is 4.99 Å². The summed E-state index contributed by atoms with van der Waals surface area (Å²) in [6, 6.07) is 0.560. The third-order valence-corrected chi connectivity index (χ3v) is 5.94. The average Bonchev–Trinajstić information content (AvgIpc) is 2.89. The van der Waals surface area contributed by atoms with Crippen molar-refractivity contribution in [3.63, 3.8) is 0 Å². The first kappa shape index (κ1) is 21.5. The lowest BCUT2D eigenvalue weighted by Gasteiger charge is -2.33. The number of hydrogen-bond acceptors (Lipinski definition) is 3. The molecule has 2 atom stereocenters. The molecule has 0 bridgehead atoms. The lowest BCUT2D eigenvalue weighted by atomic mass is 9.98. The van der Waals surface area contributed by atoms with Gasteiger partial charge in [0.25, 0.3) is 0 Å². The van der Waals surface area contributed by atoms with Gasteiger partial charge in [0, 0.05) is 25.7 Å². The molecule has 5 heteroatoms. The Bertz CT molecular complexity index is 401. The van der Waals surface area contributed by atoms with Gasteiger partial charge in [0.15, 0.2) is 5.96 Å². The Morgan fingerprint density at radius 2 is 1.77 bits per heavy atom. The Hall–Kier alpha value is -0.810. The largest absolute Gasteiger partial charge is 0.357 e. The maximum atomic E-state index is 4.98. The van der Waals surface area contributed by atoms with Crippen LogP contribution < -0.4 is 10.6 Å². The number of rotatable bonds is 7. The Morgan fingerprint density at radius 1 is 1.04 bits per heavy atom. The number of nitrogens with one attached hydrogen (secondary N) is 2. The van der Waals surface area contributed by atoms with E-state index in [1.54, 1.807) is 0 Å². The fraction of sp³-hybridized carbons (Fsp3) is 0.952. The number of hydrogen-bond donors (Lipinski definition) is 2. The van der Waals surface area contributed by atoms with Gasteiger partial charge in [-0.25, -0.2) is 0 Å². The number of aliphatic imine (C=N–C) groups is 1. The highest BCUT2D eigenvalue weighted by Crippen LogP contribution is 2.18. The van der Waals surface area contributed by atoms with E-state index in [0.717, 1.165) is 31.5 Å². The molecule has 2 N–H and O–H groups in total. The Morgan fingerprint density at radius 3 is 2.38 bits per heavy atom. The molecular formula is C21H43N5. The summed E-state index contributed by atoms with van der Waals surface area (Å²) < 4.78 is 0. The molecule has 0 saturated carbocycles. The van der Waals surface area contributed by atoms with Crippen molar-refractivity contribution in [2.75, 3.05) is 52.9 Å². The van der Waals surface area contributed by atoms with Gasteiger partial charge < -0.3 is 15.5 Å². The standard InChI is InChI=1S/C21H43N5/c1-5-22-21(23-15-19-11-10-12-25(4)17-19)24-16-20(18(2)3)26-13-8-6-7-9-14-26/h18-20H,5-17H2,1-4H3,(H2,22,23,24). The summed E-state index contributed by atoms with van der Waals surface area (Å²) in [5.41, 5.74) is 0. The fourth-order valence-corrected chi connectivity index (χ4v) is 4.38. The van der Waals surface area contributed by atoms with Gasteiger partial charge in [-0.1, -0.05) is 26.7 Å². The summed E-state index contributed by atoms with van der Waals surface area (Å²) >= 11 is 0. The molecule has 0 aromatic heterocycles. The second-order valence-corrected chi connectivity index (χ2v) is 8.63. The van der Waals surface area contributed by atoms with Crippen LogP contribution in [-0.2, 0) is 0 Å². The highest BCUT2D eigenvalue weighted by molar-refractivity contribution is 5.79. The van der Waals surface area contributed by atoms with Crippen molar-refractivity contribution in [2.45, 2.75) is 65.3 Å². The minimum Gasteiger partial charge on any atom is -0.357 e. The van der Waals surface area contributed by atoms with E-state index in [1.807, 2.05) is 0 Å². The molecule has 26 heavy (non-hydrogen) atoms. The van der Waals surface area contributed by atoms with Crippen LogP contribution in [0.2, 0.25) is 0 Å². The van der Waals surface area contributed by atoms with Crippen LogP contribution in [0, 0.1) is 11.8 Å². The first-order valence-electron chi connectivity index (χ1n) is 11.0. The molecule has 0 aromatic rings. The summed E-state index contributed by atoms with van der Waals surface area (Å²) in [6.07, 6.45) is 8.14. The van der Waals surface area contributed by atoms with Crippen molar-refractivity contribution in [1.82, 2.24) is 20.4 Å². The Balaban J connectivity index is 1.89. The molecule has 5 nitrogen and oxygen atoms in total. The smallest absolute Gasteiger partial charge is 0.191 e. The summed E-state index contributed by atoms with van der Waals surface area (Å²) in [5, 5.41) is 7.06. The summed E-state index contributed by atoms with van der Waals surface area (Å²) in [5.74, 6) is 2.39. The zero-order valence-corrected chi connectivity index (χ0v) is 17.8. The van der Waals surface area contributed by atoms with Gasteiger partial charge in [-0.15, -0.1) is 0 Å². The molecule has 0 aliphatic carbocycles. The van der Waals surface area contributed by atoms with E-state index in [-0.39, 0.29) is 0 Å². The zero-order chi connectivity index (χ0) is 18.8. The quantitative estimate of drug-likeness (QED) is 0.538. The molecule has 2 saturated heterocycles. The molecule has 2 fully saturated rings. The third kappa shape index (κ3) is 7.43. The van der Waals surface area contributed by atoms with Gasteiger partial charge in [-0.2, -0.15) is 0 Å². The maximum Gasteiger partial charge on any atom is 0.191 e. The molecule has 2 aliphatic rings. The highest BCUT2D eigenvalue weighted by atomic mass is 15.2. The molecule has 2 unspecified atom stereocenters. The Labute approximate surface area is 162 Å². The fourth-order valence-electron chi connectivity index (χ4n) is 4.38. The predicted octanol–water partition coefficient (Wildman–Crippen LogP) is 2.78. The molecule has 2 rings (SSSR count). The van der Waals surface area contributed by atoms with Crippen molar-refractivity contribution in [2.24, 2.45) is 16.8 Å². The molecular weight excluding hydrogens is 322 g/mol. The van der Waals surface area contributed by atoms with E-state index in [0.29, 0.717) is 12.0 Å². The lowest BCUT2D eigenvalue weighted by Crippen LogP contribution is -2.45. The molecule has 0 radical (unpaired) electrons. The first-order chi connectivity index (χ1) is 12.6. The third-order valence-electron chi connectivity index (χ3n) is 5.94. The monoisotopic (exact) mass is 365 g/mol. The van der Waals surface area contributed by atoms with E-state index in [9.17, 15) is 0 Å². The Kier molecular flexibility index (Phi) is 9.76. The van der Waals surface area contributed by atoms with Gasteiger partial charge >= 0.3 is 0 Å². The SMILES string of the molecule is CCNC(=NCC(C(C)C)N1CCCCCC1)NCC1CCCN(C)C1. The highest BCUT2D eigenvalue weighted by Gasteiger charge is 2.23. The van der Waals surface area contributed by atoms with Crippen molar-refractivity contribution < 1.29 is 0 Å². The molecule has 0 aromatic carbocycles. The molecule has 0 spiro atoms. The van der Waals surface area contributed by atoms with Gasteiger partial charge in [-0.3, -0.25) is 9.89 Å². The summed E-state index contributed by atoms with van der Waals surface area (Å²) in [4.78, 5) is 10.1. The van der Waals surface area contributed by atoms with Crippen LogP contribution in [0.15, 0.2) is 4.99 Å². The number of guanidine groups is 1. The predicted molar refractivity (Wildman–Crippen MR) is 113 cm³/mol. The van der Waals surface area contributed by atoms with Crippen LogP contribution in [0.3, 0.4) is 0 Å². The second-order valence-electron chi connectivity index (χ2n) is 8.63. The number of nitrogens with zero attached hydrogens (tertiary/aromatic N) is 3. The van der Waals surface area contributed by atoms with E-state index >= 15 is 0 Å². The summed E-state index contributed by atoms with van der Waals surface area (Å²) in [6.45, 7) is 14.7. The van der Waals surface area contributed by atoms with Gasteiger partial charge in [0.05, 0.1) is 6.54 Å². The van der Waals surface area contributed by atoms with Crippen LogP contribution in [0.1, 0.15) is 59.3 Å². The van der Waals surface area contributed by atoms with Crippen molar-refractivity contribution in [3.8, 4) is 0 Å². The van der Waals surface area contributed by atoms with Crippen LogP contribution >= 0.6 is 0 Å². The van der Waals surface area contributed by atoms with Crippen molar-refractivity contribution in [1.29, 1.82) is 0 Å². The molecule has 0 amide bonds. The van der Waals surface area contributed by atoms with Crippen LogP contribution in [-0.4, -0.2) is 74.7 Å². The minimum atomic E-state index is 0.560. The summed E-state index contributed by atoms with van der Waals surface area (Å²) in [7, 11) is 2.24. The normalized spacial score (nSPS) is 25.1. The van der Waals surface area contributed by atoms with Crippen LogP contribution in [0.25, 0.3) is 0 Å². The minimum absolute atomic E-state index is 0.560. The molecule has 152 valence electrons. The second kappa shape index (κ2) is 11.8. The first-order valence-corrected chi connectivity index (χ1v) is 11.0. The van der Waals surface area contributed by atoms with Crippen LogP contribution in [0.5, 0.6) is 0 Å².